The summed E-state index contributed by atoms with van der Waals surface area (Å²) in [5.74, 6) is 1.13. The number of halogens is 1. The molecule has 3 N–H and O–H groups in total. The lowest BCUT2D eigenvalue weighted by Gasteiger charge is -2.12. The molecule has 0 saturated heterocycles. The van der Waals surface area contributed by atoms with Gasteiger partial charge in [0.25, 0.3) is 5.91 Å². The third-order valence-electron chi connectivity index (χ3n) is 3.07. The fraction of sp³-hybridized carbons (Fsp3) is 0.333. The van der Waals surface area contributed by atoms with Crippen LogP contribution in [-0.4, -0.2) is 30.6 Å². The van der Waals surface area contributed by atoms with Gasteiger partial charge in [-0.3, -0.25) is 4.79 Å². The SMILES string of the molecule is CC(C)COc1ncccc1C(=O)Nc1ccc(OCCN)cc1.Cl. The summed E-state index contributed by atoms with van der Waals surface area (Å²) < 4.78 is 11.0. The van der Waals surface area contributed by atoms with Crippen LogP contribution >= 0.6 is 12.4 Å². The highest BCUT2D eigenvalue weighted by molar-refractivity contribution is 6.05. The van der Waals surface area contributed by atoms with Gasteiger partial charge in [0.15, 0.2) is 0 Å². The molecule has 6 nitrogen and oxygen atoms in total. The zero-order chi connectivity index (χ0) is 17.4. The van der Waals surface area contributed by atoms with Gasteiger partial charge >= 0.3 is 0 Å². The molecule has 0 aliphatic rings. The molecular weight excluding hydrogens is 342 g/mol. The summed E-state index contributed by atoms with van der Waals surface area (Å²) in [5, 5.41) is 2.83. The molecule has 1 amide bonds. The van der Waals surface area contributed by atoms with Crippen molar-refractivity contribution < 1.29 is 14.3 Å². The third kappa shape index (κ3) is 6.60. The van der Waals surface area contributed by atoms with Crippen molar-refractivity contribution in [1.82, 2.24) is 4.98 Å². The van der Waals surface area contributed by atoms with E-state index in [9.17, 15) is 4.79 Å². The first kappa shape index (κ1) is 20.7. The molecule has 0 saturated carbocycles. The lowest BCUT2D eigenvalue weighted by atomic mass is 10.2. The summed E-state index contributed by atoms with van der Waals surface area (Å²) in [4.78, 5) is 16.6. The van der Waals surface area contributed by atoms with E-state index in [1.807, 2.05) is 13.8 Å². The van der Waals surface area contributed by atoms with Gasteiger partial charge < -0.3 is 20.5 Å². The van der Waals surface area contributed by atoms with Crippen LogP contribution in [0.25, 0.3) is 0 Å². The average molecular weight is 366 g/mol. The van der Waals surface area contributed by atoms with E-state index in [1.165, 1.54) is 0 Å². The first-order chi connectivity index (χ1) is 11.6. The number of nitrogens with zero attached hydrogens (tertiary/aromatic N) is 1. The van der Waals surface area contributed by atoms with Gasteiger partial charge in [-0.2, -0.15) is 0 Å². The van der Waals surface area contributed by atoms with Gasteiger partial charge in [-0.1, -0.05) is 13.8 Å². The summed E-state index contributed by atoms with van der Waals surface area (Å²) in [5.41, 5.74) is 6.46. The standard InChI is InChI=1S/C18H23N3O3.ClH/c1-13(2)12-24-18-16(4-3-10-20-18)17(22)21-14-5-7-15(8-6-14)23-11-9-19;/h3-8,10,13H,9,11-12,19H2,1-2H3,(H,21,22);1H. The monoisotopic (exact) mass is 365 g/mol. The van der Waals surface area contributed by atoms with Crippen molar-refractivity contribution in [2.45, 2.75) is 13.8 Å². The second-order valence-corrected chi connectivity index (χ2v) is 5.68. The molecule has 0 aliphatic carbocycles. The van der Waals surface area contributed by atoms with E-state index >= 15 is 0 Å². The number of rotatable bonds is 8. The Kier molecular flexibility index (Phi) is 8.74. The van der Waals surface area contributed by atoms with Gasteiger partial charge in [-0.05, 0) is 42.3 Å². The van der Waals surface area contributed by atoms with Crippen molar-refractivity contribution in [2.75, 3.05) is 25.1 Å². The molecule has 2 rings (SSSR count). The molecule has 25 heavy (non-hydrogen) atoms. The number of amides is 1. The van der Waals surface area contributed by atoms with E-state index < -0.39 is 0 Å². The van der Waals surface area contributed by atoms with E-state index in [0.29, 0.717) is 48.6 Å². The van der Waals surface area contributed by atoms with Gasteiger partial charge in [0, 0.05) is 18.4 Å². The van der Waals surface area contributed by atoms with Crippen LogP contribution in [0.5, 0.6) is 11.6 Å². The van der Waals surface area contributed by atoms with Crippen LogP contribution in [0, 0.1) is 5.92 Å². The summed E-state index contributed by atoms with van der Waals surface area (Å²) in [7, 11) is 0. The van der Waals surface area contributed by atoms with Gasteiger partial charge in [0.2, 0.25) is 5.88 Å². The highest BCUT2D eigenvalue weighted by atomic mass is 35.5. The zero-order valence-corrected chi connectivity index (χ0v) is 15.2. The smallest absolute Gasteiger partial charge is 0.261 e. The number of aromatic nitrogens is 1. The third-order valence-corrected chi connectivity index (χ3v) is 3.07. The molecule has 0 bridgehead atoms. The largest absolute Gasteiger partial charge is 0.492 e. The van der Waals surface area contributed by atoms with E-state index in [1.54, 1.807) is 42.6 Å². The molecule has 7 heteroatoms. The first-order valence-electron chi connectivity index (χ1n) is 7.92. The van der Waals surface area contributed by atoms with Crippen molar-refractivity contribution in [2.24, 2.45) is 11.7 Å². The number of hydrogen-bond donors (Lipinski definition) is 2. The Labute approximate surface area is 154 Å². The molecule has 0 fully saturated rings. The molecule has 0 radical (unpaired) electrons. The van der Waals surface area contributed by atoms with E-state index in [4.69, 9.17) is 15.2 Å². The predicted octanol–water partition coefficient (Wildman–Crippen LogP) is 3.13. The molecule has 136 valence electrons. The van der Waals surface area contributed by atoms with Crippen molar-refractivity contribution in [3.05, 3.63) is 48.2 Å². The number of nitrogens with two attached hydrogens (primary N) is 1. The summed E-state index contributed by atoms with van der Waals surface area (Å²) >= 11 is 0. The second kappa shape index (κ2) is 10.5. The Balaban J connectivity index is 0.00000312. The molecule has 1 heterocycles. The Bertz CT molecular complexity index is 663. The molecule has 0 aliphatic heterocycles. The first-order valence-corrected chi connectivity index (χ1v) is 7.92. The Morgan fingerprint density at radius 1 is 1.20 bits per heavy atom. The Hall–Kier alpha value is -2.31. The van der Waals surface area contributed by atoms with Gasteiger partial charge in [-0.15, -0.1) is 12.4 Å². The maximum atomic E-state index is 12.5. The lowest BCUT2D eigenvalue weighted by molar-refractivity contribution is 0.102. The molecule has 1 aromatic heterocycles. The number of carbonyl (C=O) groups is 1. The molecular formula is C18H24ClN3O3. The number of nitrogens with one attached hydrogen (secondary N) is 1. The van der Waals surface area contributed by atoms with Crippen molar-refractivity contribution in [3.8, 4) is 11.6 Å². The molecule has 2 aromatic rings. The minimum absolute atomic E-state index is 0. The topological polar surface area (TPSA) is 86.5 Å². The normalized spacial score (nSPS) is 10.1. The molecule has 0 spiro atoms. The highest BCUT2D eigenvalue weighted by Gasteiger charge is 2.14. The van der Waals surface area contributed by atoms with Crippen LogP contribution in [0.1, 0.15) is 24.2 Å². The van der Waals surface area contributed by atoms with Crippen LogP contribution in [0.3, 0.4) is 0 Å². The van der Waals surface area contributed by atoms with E-state index in [2.05, 4.69) is 10.3 Å². The summed E-state index contributed by atoms with van der Waals surface area (Å²) in [6, 6.07) is 10.5. The van der Waals surface area contributed by atoms with Crippen molar-refractivity contribution in [3.63, 3.8) is 0 Å². The quantitative estimate of drug-likeness (QED) is 0.750. The molecule has 0 atom stereocenters. The number of hydrogen-bond acceptors (Lipinski definition) is 5. The van der Waals surface area contributed by atoms with Gasteiger partial charge in [0.1, 0.15) is 17.9 Å². The number of pyridine rings is 1. The minimum atomic E-state index is -0.266. The number of carbonyl (C=O) groups excluding carboxylic acids is 1. The van der Waals surface area contributed by atoms with E-state index in [-0.39, 0.29) is 18.3 Å². The Morgan fingerprint density at radius 2 is 1.92 bits per heavy atom. The number of ether oxygens (including phenoxy) is 2. The lowest BCUT2D eigenvalue weighted by Crippen LogP contribution is -2.16. The fourth-order valence-electron chi connectivity index (χ4n) is 1.93. The predicted molar refractivity (Wildman–Crippen MR) is 101 cm³/mol. The second-order valence-electron chi connectivity index (χ2n) is 5.68. The van der Waals surface area contributed by atoms with E-state index in [0.717, 1.165) is 0 Å². The number of anilines is 1. The summed E-state index contributed by atoms with van der Waals surface area (Å²) in [6.07, 6.45) is 1.61. The molecule has 0 unspecified atom stereocenters. The average Bonchev–Trinajstić information content (AvgIpc) is 2.59. The zero-order valence-electron chi connectivity index (χ0n) is 14.4. The fourth-order valence-corrected chi connectivity index (χ4v) is 1.93. The van der Waals surface area contributed by atoms with Crippen LogP contribution in [0.4, 0.5) is 5.69 Å². The molecule has 1 aromatic carbocycles. The van der Waals surface area contributed by atoms with Crippen LogP contribution < -0.4 is 20.5 Å². The number of benzene rings is 1. The van der Waals surface area contributed by atoms with Crippen LogP contribution in [0.15, 0.2) is 42.6 Å². The van der Waals surface area contributed by atoms with Gasteiger partial charge in [0.05, 0.1) is 6.61 Å². The maximum Gasteiger partial charge on any atom is 0.261 e. The maximum absolute atomic E-state index is 12.5. The van der Waals surface area contributed by atoms with Crippen LogP contribution in [-0.2, 0) is 0 Å². The van der Waals surface area contributed by atoms with Crippen molar-refractivity contribution in [1.29, 1.82) is 0 Å². The minimum Gasteiger partial charge on any atom is -0.492 e. The van der Waals surface area contributed by atoms with Gasteiger partial charge in [-0.25, -0.2) is 4.98 Å². The van der Waals surface area contributed by atoms with Crippen molar-refractivity contribution >= 4 is 24.0 Å². The summed E-state index contributed by atoms with van der Waals surface area (Å²) in [6.45, 7) is 5.50. The Morgan fingerprint density at radius 3 is 2.56 bits per heavy atom. The highest BCUT2D eigenvalue weighted by Crippen LogP contribution is 2.19. The van der Waals surface area contributed by atoms with Crippen LogP contribution in [0.2, 0.25) is 0 Å².